The average Bonchev–Trinajstić information content (AvgIpc) is 2.42. The fraction of sp³-hybridized carbons (Fsp3) is 0.357. The van der Waals surface area contributed by atoms with Gasteiger partial charge in [0.15, 0.2) is 0 Å². The molecule has 2 amide bonds. The molecule has 0 aromatic heterocycles. The summed E-state index contributed by atoms with van der Waals surface area (Å²) in [5.41, 5.74) is -0.000934. The molecular formula is C14H16ClFN2O4. The lowest BCUT2D eigenvalue weighted by Crippen LogP contribution is -2.46. The number of nitrogens with one attached hydrogen (secondary N) is 1. The number of carboxylic acids is 1. The van der Waals surface area contributed by atoms with E-state index < -0.39 is 23.7 Å². The normalized spacial score (nSPS) is 11.6. The van der Waals surface area contributed by atoms with Gasteiger partial charge in [0, 0.05) is 20.0 Å². The van der Waals surface area contributed by atoms with E-state index in [9.17, 15) is 18.8 Å². The van der Waals surface area contributed by atoms with Crippen molar-refractivity contribution in [3.8, 4) is 0 Å². The Morgan fingerprint density at radius 3 is 2.55 bits per heavy atom. The zero-order valence-corrected chi connectivity index (χ0v) is 12.9. The number of carbonyl (C=O) groups is 3. The lowest BCUT2D eigenvalue weighted by molar-refractivity contribution is -0.141. The molecule has 1 aromatic rings. The van der Waals surface area contributed by atoms with Gasteiger partial charge in [-0.1, -0.05) is 11.6 Å². The molecule has 0 fully saturated rings. The van der Waals surface area contributed by atoms with Crippen molar-refractivity contribution in [3.63, 3.8) is 0 Å². The second-order valence-corrected chi connectivity index (χ2v) is 5.03. The van der Waals surface area contributed by atoms with Crippen molar-refractivity contribution < 1.29 is 23.9 Å². The summed E-state index contributed by atoms with van der Waals surface area (Å²) in [6.45, 7) is 2.73. The Morgan fingerprint density at radius 2 is 2.05 bits per heavy atom. The lowest BCUT2D eigenvalue weighted by Gasteiger charge is -2.27. The second kappa shape index (κ2) is 7.74. The van der Waals surface area contributed by atoms with Crippen LogP contribution >= 0.6 is 11.6 Å². The van der Waals surface area contributed by atoms with Crippen LogP contribution in [0.4, 0.5) is 4.39 Å². The summed E-state index contributed by atoms with van der Waals surface area (Å²) in [6, 6.07) is 2.12. The largest absolute Gasteiger partial charge is 0.480 e. The van der Waals surface area contributed by atoms with Crippen molar-refractivity contribution in [2.75, 3.05) is 13.1 Å². The first-order valence-electron chi connectivity index (χ1n) is 6.47. The Kier molecular flexibility index (Phi) is 6.30. The van der Waals surface area contributed by atoms with Gasteiger partial charge in [0.2, 0.25) is 5.91 Å². The summed E-state index contributed by atoms with van der Waals surface area (Å²) in [4.78, 5) is 35.5. The number of nitrogens with zero attached hydrogens (tertiary/aromatic N) is 1. The fourth-order valence-electron chi connectivity index (χ4n) is 1.77. The van der Waals surface area contributed by atoms with Gasteiger partial charge in [-0.25, -0.2) is 9.18 Å². The van der Waals surface area contributed by atoms with E-state index in [4.69, 9.17) is 16.7 Å². The number of amides is 2. The first kappa shape index (κ1) is 17.9. The fourth-order valence-corrected chi connectivity index (χ4v) is 2.02. The van der Waals surface area contributed by atoms with Crippen LogP contribution in [0, 0.1) is 5.82 Å². The minimum atomic E-state index is -1.20. The van der Waals surface area contributed by atoms with E-state index in [1.165, 1.54) is 19.9 Å². The highest BCUT2D eigenvalue weighted by Gasteiger charge is 2.27. The second-order valence-electron chi connectivity index (χ2n) is 4.62. The van der Waals surface area contributed by atoms with Crippen LogP contribution in [0.15, 0.2) is 18.2 Å². The Labute approximate surface area is 131 Å². The first-order chi connectivity index (χ1) is 10.2. The molecule has 0 heterocycles. The van der Waals surface area contributed by atoms with Crippen molar-refractivity contribution in [3.05, 3.63) is 34.6 Å². The standard InChI is InChI=1S/C14H16ClFN2O4/c1-8(14(21)22)18(6-5-17-9(2)19)13(20)11-4-3-10(16)7-12(11)15/h3-4,7-8H,5-6H2,1-2H3,(H,17,19)(H,21,22). The average molecular weight is 331 g/mol. The summed E-state index contributed by atoms with van der Waals surface area (Å²) >= 11 is 5.83. The number of halogens is 2. The summed E-state index contributed by atoms with van der Waals surface area (Å²) in [5, 5.41) is 11.5. The molecule has 0 bridgehead atoms. The molecule has 0 aliphatic rings. The molecular weight excluding hydrogens is 315 g/mol. The molecule has 0 spiro atoms. The number of hydrogen-bond acceptors (Lipinski definition) is 3. The molecule has 1 rings (SSSR count). The molecule has 1 aromatic carbocycles. The Bertz CT molecular complexity index is 594. The molecule has 1 unspecified atom stereocenters. The third-order valence-corrected chi connectivity index (χ3v) is 3.29. The van der Waals surface area contributed by atoms with E-state index in [2.05, 4.69) is 5.32 Å². The SMILES string of the molecule is CC(=O)NCCN(C(=O)c1ccc(F)cc1Cl)C(C)C(=O)O. The molecule has 0 aliphatic carbocycles. The van der Waals surface area contributed by atoms with Gasteiger partial charge in [-0.05, 0) is 25.1 Å². The molecule has 0 saturated carbocycles. The molecule has 0 aliphatic heterocycles. The van der Waals surface area contributed by atoms with Crippen molar-refractivity contribution in [1.82, 2.24) is 10.2 Å². The number of carboxylic acid groups (broad SMARTS) is 1. The maximum absolute atomic E-state index is 13.0. The number of hydrogen-bond donors (Lipinski definition) is 2. The van der Waals surface area contributed by atoms with Crippen LogP contribution in [0.5, 0.6) is 0 Å². The lowest BCUT2D eigenvalue weighted by atomic mass is 10.1. The predicted octanol–water partition coefficient (Wildman–Crippen LogP) is 1.53. The van der Waals surface area contributed by atoms with E-state index in [1.54, 1.807) is 0 Å². The highest BCUT2D eigenvalue weighted by molar-refractivity contribution is 6.33. The van der Waals surface area contributed by atoms with Crippen molar-refractivity contribution >= 4 is 29.4 Å². The highest BCUT2D eigenvalue weighted by atomic mass is 35.5. The van der Waals surface area contributed by atoms with E-state index >= 15 is 0 Å². The zero-order valence-electron chi connectivity index (χ0n) is 12.1. The Balaban J connectivity index is 3.00. The first-order valence-corrected chi connectivity index (χ1v) is 6.85. The number of aliphatic carboxylic acids is 1. The minimum Gasteiger partial charge on any atom is -0.480 e. The molecule has 22 heavy (non-hydrogen) atoms. The van der Waals surface area contributed by atoms with E-state index in [0.29, 0.717) is 0 Å². The minimum absolute atomic E-state index is 0.000934. The van der Waals surface area contributed by atoms with Gasteiger partial charge in [-0.2, -0.15) is 0 Å². The van der Waals surface area contributed by atoms with Crippen LogP contribution in [-0.4, -0.2) is 46.9 Å². The summed E-state index contributed by atoms with van der Waals surface area (Å²) in [7, 11) is 0. The molecule has 120 valence electrons. The maximum Gasteiger partial charge on any atom is 0.326 e. The van der Waals surface area contributed by atoms with Crippen LogP contribution in [0.25, 0.3) is 0 Å². The van der Waals surface area contributed by atoms with E-state index in [1.807, 2.05) is 0 Å². The van der Waals surface area contributed by atoms with Crippen LogP contribution < -0.4 is 5.32 Å². The summed E-state index contributed by atoms with van der Waals surface area (Å²) in [5.74, 6) is -2.74. The molecule has 6 nitrogen and oxygen atoms in total. The highest BCUT2D eigenvalue weighted by Crippen LogP contribution is 2.20. The Hall–Kier alpha value is -2.15. The van der Waals surface area contributed by atoms with Gasteiger partial charge in [0.1, 0.15) is 11.9 Å². The van der Waals surface area contributed by atoms with Crippen LogP contribution in [-0.2, 0) is 9.59 Å². The molecule has 0 radical (unpaired) electrons. The van der Waals surface area contributed by atoms with Crippen molar-refractivity contribution in [2.24, 2.45) is 0 Å². The van der Waals surface area contributed by atoms with Crippen molar-refractivity contribution in [1.29, 1.82) is 0 Å². The quantitative estimate of drug-likeness (QED) is 0.828. The van der Waals surface area contributed by atoms with E-state index in [-0.39, 0.29) is 29.6 Å². The van der Waals surface area contributed by atoms with Crippen LogP contribution in [0.2, 0.25) is 5.02 Å². The molecule has 1 atom stereocenters. The van der Waals surface area contributed by atoms with Gasteiger partial charge < -0.3 is 15.3 Å². The molecule has 2 N–H and O–H groups in total. The smallest absolute Gasteiger partial charge is 0.326 e. The van der Waals surface area contributed by atoms with Gasteiger partial charge in [-0.15, -0.1) is 0 Å². The monoisotopic (exact) mass is 330 g/mol. The third kappa shape index (κ3) is 4.70. The number of rotatable bonds is 6. The third-order valence-electron chi connectivity index (χ3n) is 2.97. The molecule has 0 saturated heterocycles. The predicted molar refractivity (Wildman–Crippen MR) is 78.2 cm³/mol. The number of carbonyl (C=O) groups excluding carboxylic acids is 2. The van der Waals surface area contributed by atoms with Crippen LogP contribution in [0.1, 0.15) is 24.2 Å². The summed E-state index contributed by atoms with van der Waals surface area (Å²) < 4.78 is 13.0. The maximum atomic E-state index is 13.0. The van der Waals surface area contributed by atoms with Gasteiger partial charge in [-0.3, -0.25) is 9.59 Å². The zero-order chi connectivity index (χ0) is 16.9. The van der Waals surface area contributed by atoms with Crippen LogP contribution in [0.3, 0.4) is 0 Å². The van der Waals surface area contributed by atoms with E-state index in [0.717, 1.165) is 17.0 Å². The van der Waals surface area contributed by atoms with Gasteiger partial charge >= 0.3 is 5.97 Å². The topological polar surface area (TPSA) is 86.7 Å². The number of benzene rings is 1. The van der Waals surface area contributed by atoms with Gasteiger partial charge in [0.25, 0.3) is 5.91 Å². The molecule has 8 heteroatoms. The summed E-state index contributed by atoms with van der Waals surface area (Å²) in [6.07, 6.45) is 0. The Morgan fingerprint density at radius 1 is 1.41 bits per heavy atom. The van der Waals surface area contributed by atoms with Gasteiger partial charge in [0.05, 0.1) is 10.6 Å². The van der Waals surface area contributed by atoms with Crippen molar-refractivity contribution in [2.45, 2.75) is 19.9 Å².